The second-order valence-electron chi connectivity index (χ2n) is 5.54. The number of hydrogen-bond acceptors (Lipinski definition) is 5. The number of benzene rings is 1. The summed E-state index contributed by atoms with van der Waals surface area (Å²) in [4.78, 5) is 23.5. The van der Waals surface area contributed by atoms with E-state index < -0.39 is 11.5 Å². The quantitative estimate of drug-likeness (QED) is 0.609. The van der Waals surface area contributed by atoms with Crippen LogP contribution in [0.2, 0.25) is 0 Å². The highest BCUT2D eigenvalue weighted by atomic mass is 19.1. The third-order valence-electron chi connectivity index (χ3n) is 4.07. The lowest BCUT2D eigenvalue weighted by Crippen LogP contribution is -2.16. The molecule has 0 aliphatic rings. The van der Waals surface area contributed by atoms with Gasteiger partial charge in [-0.2, -0.15) is 0 Å². The first-order valence-electron chi connectivity index (χ1n) is 7.99. The summed E-state index contributed by atoms with van der Waals surface area (Å²) in [6.07, 6.45) is 3.06. The van der Waals surface area contributed by atoms with Crippen molar-refractivity contribution < 1.29 is 13.9 Å². The van der Waals surface area contributed by atoms with E-state index in [1.807, 2.05) is 6.92 Å². The molecule has 0 aliphatic carbocycles. The first-order chi connectivity index (χ1) is 12.6. The molecule has 0 amide bonds. The van der Waals surface area contributed by atoms with Gasteiger partial charge < -0.3 is 9.47 Å². The van der Waals surface area contributed by atoms with E-state index >= 15 is 0 Å². The highest BCUT2D eigenvalue weighted by Crippen LogP contribution is 2.30. The lowest BCUT2D eigenvalue weighted by molar-refractivity contribution is 0.343. The minimum absolute atomic E-state index is 0.0639. The number of imidazole rings is 1. The van der Waals surface area contributed by atoms with Gasteiger partial charge >= 0.3 is 5.69 Å². The molecule has 1 N–H and O–H groups in total. The van der Waals surface area contributed by atoms with Gasteiger partial charge in [-0.3, -0.25) is 14.5 Å². The Kier molecular flexibility index (Phi) is 3.80. The van der Waals surface area contributed by atoms with E-state index in [4.69, 9.17) is 9.47 Å². The maximum atomic E-state index is 14.8. The second-order valence-corrected chi connectivity index (χ2v) is 5.54. The number of pyridine rings is 2. The van der Waals surface area contributed by atoms with Crippen LogP contribution in [-0.4, -0.2) is 33.2 Å². The Morgan fingerprint density at radius 2 is 1.96 bits per heavy atom. The summed E-state index contributed by atoms with van der Waals surface area (Å²) < 4.78 is 27.0. The van der Waals surface area contributed by atoms with Crippen molar-refractivity contribution in [3.05, 3.63) is 53.0 Å². The molecule has 1 aromatic carbocycles. The number of hydrogen-bond donors (Lipinski definition) is 1. The van der Waals surface area contributed by atoms with E-state index in [0.29, 0.717) is 40.2 Å². The summed E-state index contributed by atoms with van der Waals surface area (Å²) in [5.74, 6) is 0.383. The van der Waals surface area contributed by atoms with E-state index in [1.54, 1.807) is 12.1 Å². The number of rotatable bonds is 4. The van der Waals surface area contributed by atoms with Gasteiger partial charge in [0.25, 0.3) is 0 Å². The first-order valence-corrected chi connectivity index (χ1v) is 7.99. The van der Waals surface area contributed by atoms with Gasteiger partial charge in [0.2, 0.25) is 0 Å². The second kappa shape index (κ2) is 6.14. The van der Waals surface area contributed by atoms with Crippen molar-refractivity contribution >= 4 is 22.1 Å². The van der Waals surface area contributed by atoms with Crippen LogP contribution in [0.1, 0.15) is 6.92 Å². The van der Waals surface area contributed by atoms with Gasteiger partial charge in [0.15, 0.2) is 5.65 Å². The molecule has 0 bridgehead atoms. The lowest BCUT2D eigenvalue weighted by atomic mass is 10.1. The highest BCUT2D eigenvalue weighted by molar-refractivity contribution is 5.88. The molecule has 0 atom stereocenters. The molecule has 3 heterocycles. The van der Waals surface area contributed by atoms with Crippen molar-refractivity contribution in [2.45, 2.75) is 6.92 Å². The van der Waals surface area contributed by atoms with Crippen molar-refractivity contribution in [3.8, 4) is 17.2 Å². The monoisotopic (exact) mass is 354 g/mol. The van der Waals surface area contributed by atoms with Crippen molar-refractivity contribution in [3.63, 3.8) is 0 Å². The van der Waals surface area contributed by atoms with Gasteiger partial charge in [-0.05, 0) is 19.1 Å². The zero-order valence-corrected chi connectivity index (χ0v) is 14.1. The third-order valence-corrected chi connectivity index (χ3v) is 4.07. The molecule has 4 rings (SSSR count). The van der Waals surface area contributed by atoms with E-state index in [1.165, 1.54) is 36.2 Å². The Morgan fingerprint density at radius 1 is 1.19 bits per heavy atom. The molecule has 26 heavy (non-hydrogen) atoms. The molecule has 0 saturated heterocycles. The van der Waals surface area contributed by atoms with Crippen molar-refractivity contribution in [1.82, 2.24) is 19.5 Å². The van der Waals surface area contributed by atoms with Crippen LogP contribution in [0.3, 0.4) is 0 Å². The van der Waals surface area contributed by atoms with Crippen molar-refractivity contribution in [2.75, 3.05) is 13.7 Å². The maximum absolute atomic E-state index is 14.8. The smallest absolute Gasteiger partial charge is 0.332 e. The van der Waals surface area contributed by atoms with Crippen molar-refractivity contribution in [1.29, 1.82) is 0 Å². The number of aromatic amines is 1. The Morgan fingerprint density at radius 3 is 2.73 bits per heavy atom. The third kappa shape index (κ3) is 2.38. The molecule has 0 saturated carbocycles. The van der Waals surface area contributed by atoms with Gasteiger partial charge in [-0.15, -0.1) is 0 Å². The van der Waals surface area contributed by atoms with Crippen LogP contribution in [0.25, 0.3) is 27.8 Å². The number of halogens is 1. The van der Waals surface area contributed by atoms with E-state index in [0.717, 1.165) is 0 Å². The van der Waals surface area contributed by atoms with E-state index in [9.17, 15) is 9.18 Å². The highest BCUT2D eigenvalue weighted by Gasteiger charge is 2.19. The minimum Gasteiger partial charge on any atom is -0.496 e. The molecule has 0 aliphatic heterocycles. The van der Waals surface area contributed by atoms with Crippen LogP contribution < -0.4 is 15.2 Å². The summed E-state index contributed by atoms with van der Waals surface area (Å²) in [5.41, 5.74) is 0.676. The molecule has 7 nitrogen and oxygen atoms in total. The zero-order valence-electron chi connectivity index (χ0n) is 14.1. The number of aromatic nitrogens is 4. The van der Waals surface area contributed by atoms with Crippen LogP contribution in [-0.2, 0) is 0 Å². The van der Waals surface area contributed by atoms with Crippen molar-refractivity contribution in [2.24, 2.45) is 0 Å². The number of fused-ring (bicyclic) bond motifs is 2. The van der Waals surface area contributed by atoms with Gasteiger partial charge in [-0.25, -0.2) is 14.2 Å². The van der Waals surface area contributed by atoms with E-state index in [2.05, 4.69) is 15.0 Å². The van der Waals surface area contributed by atoms with E-state index in [-0.39, 0.29) is 5.69 Å². The number of nitrogens with zero attached hydrogens (tertiary/aromatic N) is 3. The molecule has 3 aromatic heterocycles. The normalized spacial score (nSPS) is 11.2. The molecular formula is C18H15FN4O3. The summed E-state index contributed by atoms with van der Waals surface area (Å²) in [7, 11) is 1.52. The summed E-state index contributed by atoms with van der Waals surface area (Å²) in [5, 5.41) is 0.592. The number of methoxy groups -OCH3 is 1. The van der Waals surface area contributed by atoms with Gasteiger partial charge in [0.05, 0.1) is 24.9 Å². The van der Waals surface area contributed by atoms with Crippen LogP contribution >= 0.6 is 0 Å². The average molecular weight is 354 g/mol. The lowest BCUT2D eigenvalue weighted by Gasteiger charge is -2.11. The molecule has 8 heteroatoms. The van der Waals surface area contributed by atoms with Crippen LogP contribution in [0, 0.1) is 5.82 Å². The first kappa shape index (κ1) is 16.1. The Hall–Kier alpha value is -3.42. The average Bonchev–Trinajstić information content (AvgIpc) is 2.97. The van der Waals surface area contributed by atoms with Crippen LogP contribution in [0.4, 0.5) is 4.39 Å². The standard InChI is InChI=1S/C18H15FN4O3/c1-3-26-15-5-7-21-17-16(15)23(18(24)22-17)13-8-10-12(9-11(13)19)20-6-4-14(10)25-2/h4-9H,3H2,1-2H3,(H,21,22,24). The molecule has 0 radical (unpaired) electrons. The van der Waals surface area contributed by atoms with Gasteiger partial charge in [-0.1, -0.05) is 0 Å². The summed E-state index contributed by atoms with van der Waals surface area (Å²) >= 11 is 0. The number of nitrogens with one attached hydrogen (secondary N) is 1. The fourth-order valence-corrected chi connectivity index (χ4v) is 2.98. The number of H-pyrrole nitrogens is 1. The SMILES string of the molecule is CCOc1ccnc2[nH]c(=O)n(-c3cc4c(OC)ccnc4cc3F)c12. The van der Waals surface area contributed by atoms with Crippen LogP contribution in [0.5, 0.6) is 11.5 Å². The summed E-state index contributed by atoms with van der Waals surface area (Å²) in [6, 6.07) is 6.12. The minimum atomic E-state index is -0.590. The summed E-state index contributed by atoms with van der Waals surface area (Å²) in [6.45, 7) is 2.23. The fourth-order valence-electron chi connectivity index (χ4n) is 2.98. The molecular weight excluding hydrogens is 339 g/mol. The molecule has 0 fully saturated rings. The Balaban J connectivity index is 2.08. The largest absolute Gasteiger partial charge is 0.496 e. The maximum Gasteiger partial charge on any atom is 0.332 e. The Bertz CT molecular complexity index is 1180. The van der Waals surface area contributed by atoms with Gasteiger partial charge in [0.1, 0.15) is 22.8 Å². The predicted molar refractivity (Wildman–Crippen MR) is 94.7 cm³/mol. The molecule has 132 valence electrons. The van der Waals surface area contributed by atoms with Crippen LogP contribution in [0.15, 0.2) is 41.5 Å². The van der Waals surface area contributed by atoms with Gasteiger partial charge in [0, 0.05) is 29.9 Å². The fraction of sp³-hybridized carbons (Fsp3) is 0.167. The zero-order chi connectivity index (χ0) is 18.3. The molecule has 0 unspecified atom stereocenters. The Labute approximate surface area is 147 Å². The number of ether oxygens (including phenoxy) is 2. The predicted octanol–water partition coefficient (Wildman–Crippen LogP) is 2.81. The topological polar surface area (TPSA) is 82.0 Å². The molecule has 4 aromatic rings. The molecule has 0 spiro atoms.